The molecule has 2 unspecified atom stereocenters. The normalized spacial score (nSPS) is 16.8. The van der Waals surface area contributed by atoms with Crippen LogP contribution in [-0.4, -0.2) is 46.5 Å². The summed E-state index contributed by atoms with van der Waals surface area (Å²) in [5.74, 6) is 10.2. The summed E-state index contributed by atoms with van der Waals surface area (Å²) in [6.45, 7) is 2.69. The molecule has 1 aliphatic heterocycles. The Labute approximate surface area is 174 Å². The van der Waals surface area contributed by atoms with Crippen molar-refractivity contribution >= 4 is 12.1 Å². The standard InChI is InChI=1S/C22H23F2N3O3/c1-21(20(28)27-30,22(2,29)19(23)24)26-15-18-11-9-16(10-12-18)6-3-4-7-17-8-5-13-25-14-17/h8-12,14,19,26,29-30H,5,13,15H2,1-2H3,(H,27,28). The Morgan fingerprint density at radius 2 is 1.90 bits per heavy atom. The van der Waals surface area contributed by atoms with Gasteiger partial charge < -0.3 is 5.11 Å². The number of dihydropyridines is 1. The molecule has 0 aromatic heterocycles. The number of carbonyl (C=O) groups is 1. The SMILES string of the molecule is CC(NCc1ccc(C#CC#CC2=CCCN=C2)cc1)(C(=O)NO)C(C)(O)C(F)F. The van der Waals surface area contributed by atoms with Gasteiger partial charge in [-0.15, -0.1) is 0 Å². The minimum Gasteiger partial charge on any atom is -0.382 e. The van der Waals surface area contributed by atoms with Crippen molar-refractivity contribution in [2.75, 3.05) is 6.54 Å². The number of rotatable bonds is 6. The maximum Gasteiger partial charge on any atom is 0.268 e. The third kappa shape index (κ3) is 5.52. The predicted molar refractivity (Wildman–Crippen MR) is 109 cm³/mol. The Morgan fingerprint density at radius 3 is 2.47 bits per heavy atom. The molecule has 6 nitrogen and oxygen atoms in total. The van der Waals surface area contributed by atoms with Gasteiger partial charge in [0.15, 0.2) is 0 Å². The lowest BCUT2D eigenvalue weighted by Gasteiger charge is -2.40. The molecule has 0 radical (unpaired) electrons. The summed E-state index contributed by atoms with van der Waals surface area (Å²) in [4.78, 5) is 16.1. The van der Waals surface area contributed by atoms with E-state index in [1.165, 1.54) is 5.48 Å². The van der Waals surface area contributed by atoms with Gasteiger partial charge in [-0.1, -0.05) is 30.0 Å². The third-order valence-electron chi connectivity index (χ3n) is 4.92. The number of amides is 1. The van der Waals surface area contributed by atoms with Crippen LogP contribution in [-0.2, 0) is 11.3 Å². The lowest BCUT2D eigenvalue weighted by molar-refractivity contribution is -0.167. The molecule has 0 saturated heterocycles. The molecule has 0 bridgehead atoms. The van der Waals surface area contributed by atoms with E-state index in [2.05, 4.69) is 34.0 Å². The van der Waals surface area contributed by atoms with E-state index in [-0.39, 0.29) is 6.54 Å². The fraction of sp³-hybridized carbons (Fsp3) is 0.364. The van der Waals surface area contributed by atoms with Crippen LogP contribution in [0.4, 0.5) is 8.78 Å². The molecule has 0 spiro atoms. The van der Waals surface area contributed by atoms with Gasteiger partial charge in [0.2, 0.25) is 0 Å². The van der Waals surface area contributed by atoms with Crippen LogP contribution in [0.15, 0.2) is 40.9 Å². The molecule has 4 N–H and O–H groups in total. The van der Waals surface area contributed by atoms with Gasteiger partial charge >= 0.3 is 0 Å². The van der Waals surface area contributed by atoms with E-state index in [1.54, 1.807) is 30.5 Å². The highest BCUT2D eigenvalue weighted by Crippen LogP contribution is 2.29. The van der Waals surface area contributed by atoms with Gasteiger partial charge in [0.25, 0.3) is 12.3 Å². The minimum atomic E-state index is -3.22. The summed E-state index contributed by atoms with van der Waals surface area (Å²) in [5.41, 5.74) is -1.32. The molecule has 0 fully saturated rings. The van der Waals surface area contributed by atoms with Crippen LogP contribution >= 0.6 is 0 Å². The third-order valence-corrected chi connectivity index (χ3v) is 4.92. The molecule has 30 heavy (non-hydrogen) atoms. The zero-order valence-corrected chi connectivity index (χ0v) is 16.7. The summed E-state index contributed by atoms with van der Waals surface area (Å²) in [6, 6.07) is 6.85. The number of halogens is 2. The van der Waals surface area contributed by atoms with Crippen molar-refractivity contribution in [3.05, 3.63) is 47.0 Å². The van der Waals surface area contributed by atoms with Crippen LogP contribution in [0, 0.1) is 23.7 Å². The number of allylic oxidation sites excluding steroid dienone is 1. The monoisotopic (exact) mass is 415 g/mol. The predicted octanol–water partition coefficient (Wildman–Crippen LogP) is 1.81. The number of nitrogens with zero attached hydrogens (tertiary/aromatic N) is 1. The first-order valence-electron chi connectivity index (χ1n) is 9.21. The van der Waals surface area contributed by atoms with Gasteiger partial charge in [0, 0.05) is 30.4 Å². The highest BCUT2D eigenvalue weighted by molar-refractivity contribution is 5.86. The van der Waals surface area contributed by atoms with E-state index in [1.807, 2.05) is 6.08 Å². The van der Waals surface area contributed by atoms with Crippen LogP contribution in [0.2, 0.25) is 0 Å². The van der Waals surface area contributed by atoms with E-state index in [0.717, 1.165) is 32.4 Å². The first kappa shape index (κ1) is 23.2. The second kappa shape index (κ2) is 10.1. The van der Waals surface area contributed by atoms with Crippen molar-refractivity contribution in [3.63, 3.8) is 0 Å². The van der Waals surface area contributed by atoms with E-state index < -0.39 is 23.5 Å². The van der Waals surface area contributed by atoms with Crippen molar-refractivity contribution in [1.82, 2.24) is 10.8 Å². The number of hydrogen-bond acceptors (Lipinski definition) is 5. The van der Waals surface area contributed by atoms with Crippen LogP contribution in [0.5, 0.6) is 0 Å². The van der Waals surface area contributed by atoms with Crippen molar-refractivity contribution in [2.24, 2.45) is 4.99 Å². The first-order chi connectivity index (χ1) is 14.2. The summed E-state index contributed by atoms with van der Waals surface area (Å²) < 4.78 is 26.5. The van der Waals surface area contributed by atoms with Gasteiger partial charge in [-0.2, -0.15) is 0 Å². The maximum absolute atomic E-state index is 13.3. The second-order valence-electron chi connectivity index (χ2n) is 7.05. The molecule has 158 valence electrons. The molecule has 1 aromatic rings. The second-order valence-corrected chi connectivity index (χ2v) is 7.05. The van der Waals surface area contributed by atoms with Gasteiger partial charge in [-0.05, 0) is 49.8 Å². The largest absolute Gasteiger partial charge is 0.382 e. The minimum absolute atomic E-state index is 0.00616. The first-order valence-corrected chi connectivity index (χ1v) is 9.21. The van der Waals surface area contributed by atoms with E-state index in [0.29, 0.717) is 11.1 Å². The number of aliphatic hydroxyl groups is 1. The fourth-order valence-corrected chi connectivity index (χ4v) is 2.60. The molecule has 1 amide bonds. The Hall–Kier alpha value is -3.04. The van der Waals surface area contributed by atoms with E-state index in [9.17, 15) is 18.7 Å². The number of carbonyl (C=O) groups excluding carboxylic acids is 1. The Bertz CT molecular complexity index is 948. The average Bonchev–Trinajstić information content (AvgIpc) is 2.75. The zero-order valence-electron chi connectivity index (χ0n) is 16.7. The lowest BCUT2D eigenvalue weighted by Crippen LogP contribution is -2.69. The maximum atomic E-state index is 13.3. The summed E-state index contributed by atoms with van der Waals surface area (Å²) in [5, 5.41) is 21.6. The van der Waals surface area contributed by atoms with E-state index in [4.69, 9.17) is 5.21 Å². The number of nitrogens with one attached hydrogen (secondary N) is 2. The molecule has 2 atom stereocenters. The van der Waals surface area contributed by atoms with Gasteiger partial charge in [-0.25, -0.2) is 14.3 Å². The summed E-state index contributed by atoms with van der Waals surface area (Å²) in [6.07, 6.45) is 1.37. The fourth-order valence-electron chi connectivity index (χ4n) is 2.60. The number of hydrogen-bond donors (Lipinski definition) is 4. The number of aliphatic imine (C=N–C) groups is 1. The molecule has 8 heteroatoms. The average molecular weight is 415 g/mol. The molecular formula is C22H23F2N3O3. The molecule has 0 saturated carbocycles. The lowest BCUT2D eigenvalue weighted by atomic mass is 9.81. The highest BCUT2D eigenvalue weighted by atomic mass is 19.3. The van der Waals surface area contributed by atoms with Crippen molar-refractivity contribution < 1.29 is 23.9 Å². The van der Waals surface area contributed by atoms with Crippen LogP contribution in [0.3, 0.4) is 0 Å². The number of benzene rings is 1. The Balaban J connectivity index is 2.05. The van der Waals surface area contributed by atoms with Gasteiger partial charge in [-0.3, -0.25) is 20.3 Å². The van der Waals surface area contributed by atoms with E-state index >= 15 is 0 Å². The number of hydroxylamine groups is 1. The van der Waals surface area contributed by atoms with Gasteiger partial charge in [0.1, 0.15) is 11.1 Å². The molecule has 1 aromatic carbocycles. The smallest absolute Gasteiger partial charge is 0.268 e. The summed E-state index contributed by atoms with van der Waals surface area (Å²) >= 11 is 0. The quantitative estimate of drug-likeness (QED) is 0.324. The molecule has 1 heterocycles. The summed E-state index contributed by atoms with van der Waals surface area (Å²) in [7, 11) is 0. The van der Waals surface area contributed by atoms with Crippen LogP contribution in [0.1, 0.15) is 31.4 Å². The molecule has 0 aliphatic carbocycles. The Kier molecular flexibility index (Phi) is 7.85. The molecular weight excluding hydrogens is 392 g/mol. The van der Waals surface area contributed by atoms with Crippen molar-refractivity contribution in [2.45, 2.75) is 44.4 Å². The van der Waals surface area contributed by atoms with Gasteiger partial charge in [0.05, 0.1) is 0 Å². The molecule has 1 aliphatic rings. The Morgan fingerprint density at radius 1 is 1.23 bits per heavy atom. The van der Waals surface area contributed by atoms with Crippen LogP contribution in [0.25, 0.3) is 0 Å². The van der Waals surface area contributed by atoms with Crippen LogP contribution < -0.4 is 10.8 Å². The van der Waals surface area contributed by atoms with Crippen molar-refractivity contribution in [3.8, 4) is 23.7 Å². The topological polar surface area (TPSA) is 94.0 Å². The number of alkyl halides is 2. The molecule has 2 rings (SSSR count). The van der Waals surface area contributed by atoms with Crippen molar-refractivity contribution in [1.29, 1.82) is 0 Å². The highest BCUT2D eigenvalue weighted by Gasteiger charge is 2.54. The zero-order chi connectivity index (χ0) is 22.2.